The molecular weight excluding hydrogens is 749 g/mol. The van der Waals surface area contributed by atoms with E-state index >= 15 is 0 Å². The molecular formula is C49H82O10. The van der Waals surface area contributed by atoms with Crippen molar-refractivity contribution >= 4 is 11.9 Å². The number of aliphatic hydroxyl groups is 4. The van der Waals surface area contributed by atoms with Crippen LogP contribution < -0.4 is 0 Å². The van der Waals surface area contributed by atoms with Crippen molar-refractivity contribution in [3.8, 4) is 0 Å². The largest absolute Gasteiger partial charge is 0.462 e. The minimum atomic E-state index is -1.61. The lowest BCUT2D eigenvalue weighted by Gasteiger charge is -2.39. The molecule has 1 rings (SSSR count). The van der Waals surface area contributed by atoms with Crippen LogP contribution in [0.3, 0.4) is 0 Å². The lowest BCUT2D eigenvalue weighted by molar-refractivity contribution is -0.305. The lowest BCUT2D eigenvalue weighted by Crippen LogP contribution is -2.59. The van der Waals surface area contributed by atoms with E-state index in [4.69, 9.17) is 18.9 Å². The zero-order valence-electron chi connectivity index (χ0n) is 36.7. The monoisotopic (exact) mass is 831 g/mol. The van der Waals surface area contributed by atoms with Gasteiger partial charge in [-0.05, 0) is 51.4 Å². The molecule has 0 amide bonds. The summed E-state index contributed by atoms with van der Waals surface area (Å²) in [6.45, 7) is 3.19. The number of hydrogen-bond acceptors (Lipinski definition) is 10. The van der Waals surface area contributed by atoms with Crippen LogP contribution in [0.25, 0.3) is 0 Å². The zero-order chi connectivity index (χ0) is 43.0. The number of carbonyl (C=O) groups is 2. The molecule has 0 aromatic rings. The van der Waals surface area contributed by atoms with Crippen molar-refractivity contribution in [2.45, 2.75) is 205 Å². The Hall–Kier alpha value is -2.86. The van der Waals surface area contributed by atoms with Gasteiger partial charge in [-0.15, -0.1) is 0 Å². The average molecular weight is 831 g/mol. The van der Waals surface area contributed by atoms with Gasteiger partial charge in [0.25, 0.3) is 0 Å². The van der Waals surface area contributed by atoms with E-state index in [0.29, 0.717) is 19.3 Å². The van der Waals surface area contributed by atoms with Crippen LogP contribution >= 0.6 is 0 Å². The molecule has 1 saturated heterocycles. The first-order chi connectivity index (χ1) is 28.8. The van der Waals surface area contributed by atoms with Gasteiger partial charge in [-0.3, -0.25) is 9.59 Å². The Morgan fingerprint density at radius 1 is 0.542 bits per heavy atom. The molecule has 3 unspecified atom stereocenters. The molecule has 10 nitrogen and oxygen atoms in total. The van der Waals surface area contributed by atoms with Crippen molar-refractivity contribution in [2.75, 3.05) is 19.8 Å². The fourth-order valence-corrected chi connectivity index (χ4v) is 6.57. The summed E-state index contributed by atoms with van der Waals surface area (Å²) in [5, 5.41) is 40.0. The van der Waals surface area contributed by atoms with E-state index in [1.807, 2.05) is 54.7 Å². The first kappa shape index (κ1) is 54.2. The number of esters is 2. The Kier molecular flexibility index (Phi) is 36.1. The quantitative estimate of drug-likeness (QED) is 0.0206. The fraction of sp³-hybridized carbons (Fsp3) is 0.714. The van der Waals surface area contributed by atoms with Crippen LogP contribution in [0.1, 0.15) is 168 Å². The predicted octanol–water partition coefficient (Wildman–Crippen LogP) is 10.00. The van der Waals surface area contributed by atoms with E-state index in [0.717, 1.165) is 32.1 Å². The summed E-state index contributed by atoms with van der Waals surface area (Å²) >= 11 is 0. The molecule has 1 heterocycles. The third-order valence-corrected chi connectivity index (χ3v) is 10.2. The second-order valence-electron chi connectivity index (χ2n) is 15.6. The Morgan fingerprint density at radius 3 is 1.59 bits per heavy atom. The smallest absolute Gasteiger partial charge is 0.306 e. The lowest BCUT2D eigenvalue weighted by atomic mass is 9.99. The summed E-state index contributed by atoms with van der Waals surface area (Å²) in [6.07, 6.45) is 42.1. The summed E-state index contributed by atoms with van der Waals surface area (Å²) < 4.78 is 22.1. The van der Waals surface area contributed by atoms with Gasteiger partial charge in [-0.2, -0.15) is 0 Å². The Balaban J connectivity index is 2.32. The molecule has 0 aliphatic carbocycles. The number of allylic oxidation sites excluding steroid dienone is 12. The highest BCUT2D eigenvalue weighted by Gasteiger charge is 2.44. The summed E-state index contributed by atoms with van der Waals surface area (Å²) in [4.78, 5) is 25.3. The highest BCUT2D eigenvalue weighted by Crippen LogP contribution is 2.22. The van der Waals surface area contributed by atoms with E-state index < -0.39 is 55.4 Å². The number of carbonyl (C=O) groups excluding carboxylic acids is 2. The van der Waals surface area contributed by atoms with Crippen LogP contribution in [-0.4, -0.2) is 89.0 Å². The fourth-order valence-electron chi connectivity index (χ4n) is 6.57. The molecule has 0 aromatic heterocycles. The van der Waals surface area contributed by atoms with Crippen molar-refractivity contribution in [1.82, 2.24) is 0 Å². The second-order valence-corrected chi connectivity index (χ2v) is 15.6. The number of ether oxygens (including phenoxy) is 4. The summed E-state index contributed by atoms with van der Waals surface area (Å²) in [5.74, 6) is -0.902. The van der Waals surface area contributed by atoms with Crippen molar-refractivity contribution < 1.29 is 49.0 Å². The van der Waals surface area contributed by atoms with Crippen LogP contribution in [0.15, 0.2) is 72.9 Å². The highest BCUT2D eigenvalue weighted by atomic mass is 16.7. The van der Waals surface area contributed by atoms with Gasteiger partial charge in [-0.1, -0.05) is 177 Å². The topological polar surface area (TPSA) is 152 Å². The van der Waals surface area contributed by atoms with Gasteiger partial charge in [0.1, 0.15) is 31.0 Å². The molecule has 0 aromatic carbocycles. The Labute approximate surface area is 357 Å². The maximum Gasteiger partial charge on any atom is 0.306 e. The van der Waals surface area contributed by atoms with Gasteiger partial charge in [0.05, 0.1) is 13.2 Å². The van der Waals surface area contributed by atoms with Gasteiger partial charge in [0.2, 0.25) is 0 Å². The van der Waals surface area contributed by atoms with Gasteiger partial charge >= 0.3 is 11.9 Å². The van der Waals surface area contributed by atoms with Crippen LogP contribution in [-0.2, 0) is 28.5 Å². The molecule has 10 heteroatoms. The molecule has 0 radical (unpaired) electrons. The SMILES string of the molecule is CC/C=C/C=C/C=C/C=C/C=C/CCCC(=O)OC(COC(=O)CCCCCCCCC/C=C/CCCCCCCCCCCC)CO[C@H]1O[C@@H](CO)[C@@H](O)C(O)C1O. The first-order valence-corrected chi connectivity index (χ1v) is 23.1. The first-order valence-electron chi connectivity index (χ1n) is 23.1. The third kappa shape index (κ3) is 30.8. The molecule has 4 N–H and O–H groups in total. The van der Waals surface area contributed by atoms with Crippen molar-refractivity contribution in [3.05, 3.63) is 72.9 Å². The molecule has 0 bridgehead atoms. The zero-order valence-corrected chi connectivity index (χ0v) is 36.7. The maximum atomic E-state index is 12.7. The van der Waals surface area contributed by atoms with Crippen LogP contribution in [0.5, 0.6) is 0 Å². The van der Waals surface area contributed by atoms with Crippen LogP contribution in [0, 0.1) is 0 Å². The van der Waals surface area contributed by atoms with E-state index in [-0.39, 0.29) is 26.1 Å². The number of rotatable bonds is 37. The summed E-state index contributed by atoms with van der Waals surface area (Å²) in [5.41, 5.74) is 0. The molecule has 6 atom stereocenters. The molecule has 59 heavy (non-hydrogen) atoms. The predicted molar refractivity (Wildman–Crippen MR) is 238 cm³/mol. The second kappa shape index (κ2) is 39.3. The molecule has 1 fully saturated rings. The van der Waals surface area contributed by atoms with Crippen molar-refractivity contribution in [3.63, 3.8) is 0 Å². The van der Waals surface area contributed by atoms with Crippen LogP contribution in [0.2, 0.25) is 0 Å². The molecule has 0 spiro atoms. The Bertz CT molecular complexity index is 1190. The minimum Gasteiger partial charge on any atom is -0.462 e. The average Bonchev–Trinajstić information content (AvgIpc) is 3.23. The van der Waals surface area contributed by atoms with E-state index in [1.54, 1.807) is 0 Å². The number of hydrogen-bond donors (Lipinski definition) is 4. The summed E-state index contributed by atoms with van der Waals surface area (Å²) in [7, 11) is 0. The van der Waals surface area contributed by atoms with Gasteiger partial charge in [0, 0.05) is 12.8 Å². The van der Waals surface area contributed by atoms with E-state index in [9.17, 15) is 30.0 Å². The minimum absolute atomic E-state index is 0.130. The number of unbranched alkanes of at least 4 members (excludes halogenated alkanes) is 18. The Morgan fingerprint density at radius 2 is 1.03 bits per heavy atom. The van der Waals surface area contributed by atoms with E-state index in [2.05, 4.69) is 32.1 Å². The van der Waals surface area contributed by atoms with Crippen molar-refractivity contribution in [2.24, 2.45) is 0 Å². The summed E-state index contributed by atoms with van der Waals surface area (Å²) in [6, 6.07) is 0. The molecule has 338 valence electrons. The van der Waals surface area contributed by atoms with Gasteiger partial charge < -0.3 is 39.4 Å². The van der Waals surface area contributed by atoms with Crippen molar-refractivity contribution in [1.29, 1.82) is 0 Å². The molecule has 1 aliphatic rings. The van der Waals surface area contributed by atoms with E-state index in [1.165, 1.54) is 89.9 Å². The molecule has 1 aliphatic heterocycles. The molecule has 0 saturated carbocycles. The normalized spacial score (nSPS) is 20.7. The highest BCUT2D eigenvalue weighted by molar-refractivity contribution is 5.70. The number of aliphatic hydroxyl groups excluding tert-OH is 4. The van der Waals surface area contributed by atoms with Gasteiger partial charge in [0.15, 0.2) is 12.4 Å². The standard InChI is InChI=1S/C49H82O10/c1-3-5-7-9-11-13-15-17-18-19-20-21-22-23-24-26-27-29-31-33-35-37-44(51)56-40-42(41-57-49-48(55)47(54)46(53)43(39-50)59-49)58-45(52)38-36-34-32-30-28-25-16-14-12-10-8-6-4-2/h6,8,10,12,14,16,21-22,25,28,30,32,42-43,46-50,53-55H,3-5,7,9,11,13,15,17-20,23-24,26-27,29,31,33-41H2,1-2H3/b8-6+,12-10+,16-14+,22-21+,28-25+,32-30+/t42?,43-,46+,47?,48?,49-/m0/s1. The maximum absolute atomic E-state index is 12.7. The van der Waals surface area contributed by atoms with Crippen LogP contribution in [0.4, 0.5) is 0 Å². The van der Waals surface area contributed by atoms with Gasteiger partial charge in [-0.25, -0.2) is 0 Å². The third-order valence-electron chi connectivity index (χ3n) is 10.2.